The van der Waals surface area contributed by atoms with Crippen molar-refractivity contribution >= 4 is 15.9 Å². The lowest BCUT2D eigenvalue weighted by atomic mass is 9.68. The summed E-state index contributed by atoms with van der Waals surface area (Å²) in [6.45, 7) is 8.86. The molecule has 2 nitrogen and oxygen atoms in total. The molecule has 0 atom stereocenters. The van der Waals surface area contributed by atoms with Crippen molar-refractivity contribution in [3.63, 3.8) is 0 Å². The minimum Gasteiger partial charge on any atom is -0.381 e. The van der Waals surface area contributed by atoms with Gasteiger partial charge in [0.25, 0.3) is 0 Å². The molecule has 2 aliphatic rings. The Bertz CT molecular complexity index is 271. The summed E-state index contributed by atoms with van der Waals surface area (Å²) in [5, 5.41) is 0.980. The fourth-order valence-corrected chi connectivity index (χ4v) is 4.13. The SMILES string of the molecule is CC(C)(C)C1CCC(CBr)(OC2CCOCC2)CC1. The zero-order chi connectivity index (χ0) is 13.9. The first kappa shape index (κ1) is 15.8. The van der Waals surface area contributed by atoms with E-state index in [-0.39, 0.29) is 5.60 Å². The molecule has 0 bridgehead atoms. The molecule has 19 heavy (non-hydrogen) atoms. The van der Waals surface area contributed by atoms with Gasteiger partial charge in [-0.05, 0) is 49.9 Å². The van der Waals surface area contributed by atoms with Gasteiger partial charge in [-0.2, -0.15) is 0 Å². The summed E-state index contributed by atoms with van der Waals surface area (Å²) in [7, 11) is 0. The average Bonchev–Trinajstić information content (AvgIpc) is 2.39. The van der Waals surface area contributed by atoms with E-state index in [1.165, 1.54) is 25.7 Å². The molecule has 0 unspecified atom stereocenters. The quantitative estimate of drug-likeness (QED) is 0.705. The highest BCUT2D eigenvalue weighted by Gasteiger charge is 2.40. The number of halogens is 1. The van der Waals surface area contributed by atoms with Crippen LogP contribution in [0, 0.1) is 11.3 Å². The van der Waals surface area contributed by atoms with Crippen LogP contribution in [0.2, 0.25) is 0 Å². The van der Waals surface area contributed by atoms with Crippen molar-refractivity contribution in [3.05, 3.63) is 0 Å². The lowest BCUT2D eigenvalue weighted by Crippen LogP contribution is -2.44. The van der Waals surface area contributed by atoms with Crippen LogP contribution in [-0.4, -0.2) is 30.2 Å². The van der Waals surface area contributed by atoms with E-state index in [0.29, 0.717) is 11.5 Å². The molecule has 1 saturated heterocycles. The van der Waals surface area contributed by atoms with Gasteiger partial charge >= 0.3 is 0 Å². The molecule has 1 saturated carbocycles. The Kier molecular flexibility index (Phi) is 5.35. The van der Waals surface area contributed by atoms with Crippen molar-refractivity contribution in [3.8, 4) is 0 Å². The summed E-state index contributed by atoms with van der Waals surface area (Å²) in [4.78, 5) is 0. The van der Waals surface area contributed by atoms with Crippen LogP contribution in [0.3, 0.4) is 0 Å². The first-order valence-electron chi connectivity index (χ1n) is 7.77. The Morgan fingerprint density at radius 3 is 2.16 bits per heavy atom. The summed E-state index contributed by atoms with van der Waals surface area (Å²) in [6.07, 6.45) is 7.57. The zero-order valence-corrected chi connectivity index (χ0v) is 14.3. The first-order valence-corrected chi connectivity index (χ1v) is 8.89. The van der Waals surface area contributed by atoms with Crippen LogP contribution in [0.5, 0.6) is 0 Å². The molecular weight excluding hydrogens is 304 g/mol. The topological polar surface area (TPSA) is 18.5 Å². The number of ether oxygens (including phenoxy) is 2. The van der Waals surface area contributed by atoms with Crippen molar-refractivity contribution in [1.29, 1.82) is 0 Å². The molecule has 0 aromatic heterocycles. The predicted octanol–water partition coefficient (Wildman–Crippen LogP) is 4.55. The second kappa shape index (κ2) is 6.44. The molecule has 0 aromatic rings. The normalized spacial score (nSPS) is 34.4. The van der Waals surface area contributed by atoms with Gasteiger partial charge in [-0.1, -0.05) is 36.7 Å². The second-order valence-corrected chi connectivity index (χ2v) is 7.95. The Morgan fingerprint density at radius 2 is 1.68 bits per heavy atom. The molecule has 2 fully saturated rings. The Hall–Kier alpha value is 0.400. The summed E-state index contributed by atoms with van der Waals surface area (Å²) in [5.41, 5.74) is 0.529. The largest absolute Gasteiger partial charge is 0.381 e. The van der Waals surface area contributed by atoms with E-state index >= 15 is 0 Å². The van der Waals surface area contributed by atoms with E-state index in [0.717, 1.165) is 37.3 Å². The lowest BCUT2D eigenvalue weighted by molar-refractivity contribution is -0.136. The molecule has 0 radical (unpaired) electrons. The number of rotatable bonds is 3. The highest BCUT2D eigenvalue weighted by Crippen LogP contribution is 2.44. The molecule has 2 rings (SSSR count). The van der Waals surface area contributed by atoms with Crippen LogP contribution in [0.4, 0.5) is 0 Å². The lowest BCUT2D eigenvalue weighted by Gasteiger charge is -2.45. The van der Waals surface area contributed by atoms with Crippen LogP contribution in [0.1, 0.15) is 59.3 Å². The molecule has 1 aliphatic heterocycles. The summed E-state index contributed by atoms with van der Waals surface area (Å²) >= 11 is 3.71. The van der Waals surface area contributed by atoms with Gasteiger partial charge in [0.15, 0.2) is 0 Å². The zero-order valence-electron chi connectivity index (χ0n) is 12.7. The second-order valence-electron chi connectivity index (χ2n) is 7.39. The van der Waals surface area contributed by atoms with Crippen LogP contribution < -0.4 is 0 Å². The minimum atomic E-state index is 0.0871. The van der Waals surface area contributed by atoms with Gasteiger partial charge < -0.3 is 9.47 Å². The minimum absolute atomic E-state index is 0.0871. The van der Waals surface area contributed by atoms with Gasteiger partial charge in [0.2, 0.25) is 0 Å². The summed E-state index contributed by atoms with van der Waals surface area (Å²) < 4.78 is 11.9. The van der Waals surface area contributed by atoms with Crippen LogP contribution in [0.15, 0.2) is 0 Å². The standard InChI is InChI=1S/C16H29BrO2/c1-15(2,3)13-4-8-16(12-17,9-5-13)19-14-6-10-18-11-7-14/h13-14H,4-12H2,1-3H3. The van der Waals surface area contributed by atoms with E-state index < -0.39 is 0 Å². The number of hydrogen-bond donors (Lipinski definition) is 0. The van der Waals surface area contributed by atoms with Gasteiger partial charge in [0.05, 0.1) is 11.7 Å². The van der Waals surface area contributed by atoms with Crippen molar-refractivity contribution < 1.29 is 9.47 Å². The molecule has 0 aromatic carbocycles. The molecule has 3 heteroatoms. The van der Waals surface area contributed by atoms with Crippen molar-refractivity contribution in [2.45, 2.75) is 71.0 Å². The monoisotopic (exact) mass is 332 g/mol. The third-order valence-electron chi connectivity index (χ3n) is 4.95. The smallest absolute Gasteiger partial charge is 0.0782 e. The van der Waals surface area contributed by atoms with Gasteiger partial charge in [0, 0.05) is 18.5 Å². The van der Waals surface area contributed by atoms with Gasteiger partial charge in [-0.25, -0.2) is 0 Å². The summed E-state index contributed by atoms with van der Waals surface area (Å²) in [6, 6.07) is 0. The molecule has 1 aliphatic carbocycles. The van der Waals surface area contributed by atoms with Gasteiger partial charge in [0.1, 0.15) is 0 Å². The Balaban J connectivity index is 1.90. The molecule has 0 N–H and O–H groups in total. The third-order valence-corrected chi connectivity index (χ3v) is 5.97. The molecule has 0 amide bonds. The molecule has 0 spiro atoms. The van der Waals surface area contributed by atoms with Gasteiger partial charge in [-0.15, -0.1) is 0 Å². The maximum absolute atomic E-state index is 6.50. The maximum atomic E-state index is 6.50. The average molecular weight is 333 g/mol. The fourth-order valence-electron chi connectivity index (χ4n) is 3.44. The molecular formula is C16H29BrO2. The first-order chi connectivity index (χ1) is 8.95. The van der Waals surface area contributed by atoms with Crippen molar-refractivity contribution in [2.24, 2.45) is 11.3 Å². The van der Waals surface area contributed by atoms with Crippen LogP contribution in [0.25, 0.3) is 0 Å². The van der Waals surface area contributed by atoms with Crippen molar-refractivity contribution in [2.75, 3.05) is 18.5 Å². The third kappa shape index (κ3) is 4.18. The van der Waals surface area contributed by atoms with Crippen LogP contribution >= 0.6 is 15.9 Å². The number of alkyl halides is 1. The summed E-state index contributed by atoms with van der Waals surface area (Å²) in [5.74, 6) is 0.845. The van der Waals surface area contributed by atoms with E-state index in [1.54, 1.807) is 0 Å². The van der Waals surface area contributed by atoms with E-state index in [2.05, 4.69) is 36.7 Å². The highest BCUT2D eigenvalue weighted by molar-refractivity contribution is 9.09. The molecule has 112 valence electrons. The van der Waals surface area contributed by atoms with Gasteiger partial charge in [-0.3, -0.25) is 0 Å². The highest BCUT2D eigenvalue weighted by atomic mass is 79.9. The fraction of sp³-hybridized carbons (Fsp3) is 1.00. The number of hydrogen-bond acceptors (Lipinski definition) is 2. The predicted molar refractivity (Wildman–Crippen MR) is 82.9 cm³/mol. The van der Waals surface area contributed by atoms with E-state index in [4.69, 9.17) is 9.47 Å². The van der Waals surface area contributed by atoms with Crippen molar-refractivity contribution in [1.82, 2.24) is 0 Å². The Labute approximate surface area is 126 Å². The van der Waals surface area contributed by atoms with E-state index in [9.17, 15) is 0 Å². The Morgan fingerprint density at radius 1 is 1.11 bits per heavy atom. The molecule has 1 heterocycles. The van der Waals surface area contributed by atoms with E-state index in [1.807, 2.05) is 0 Å². The van der Waals surface area contributed by atoms with Crippen LogP contribution in [-0.2, 0) is 9.47 Å². The maximum Gasteiger partial charge on any atom is 0.0782 e.